The lowest BCUT2D eigenvalue weighted by molar-refractivity contribution is -0.139. The molecule has 1 saturated heterocycles. The molecular weight excluding hydrogens is 264 g/mol. The molecule has 1 aromatic rings. The maximum Gasteiger partial charge on any atom is 0.260 e. The van der Waals surface area contributed by atoms with Crippen LogP contribution in [-0.4, -0.2) is 34.5 Å². The Hall–Kier alpha value is -1.29. The molecule has 5 heteroatoms. The van der Waals surface area contributed by atoms with E-state index in [-0.39, 0.29) is 29.8 Å². The van der Waals surface area contributed by atoms with Crippen LogP contribution in [0, 0.1) is 0 Å². The predicted octanol–water partition coefficient (Wildman–Crippen LogP) is 2.90. The maximum absolute atomic E-state index is 12.2. The Balaban J connectivity index is 1.95. The summed E-state index contributed by atoms with van der Waals surface area (Å²) in [5, 5.41) is 0.287. The molecule has 1 aliphatic heterocycles. The molecule has 104 valence electrons. The lowest BCUT2D eigenvalue weighted by atomic mass is 9.97. The number of carbonyl (C=O) groups excluding carboxylic acids is 1. The Labute approximate surface area is 118 Å². The molecule has 1 amide bonds. The Morgan fingerprint density at radius 2 is 2.16 bits per heavy atom. The van der Waals surface area contributed by atoms with Crippen molar-refractivity contribution >= 4 is 17.5 Å². The molecule has 0 N–H and O–H groups in total. The van der Waals surface area contributed by atoms with Gasteiger partial charge in [-0.2, -0.15) is 0 Å². The van der Waals surface area contributed by atoms with Crippen molar-refractivity contribution in [2.45, 2.75) is 45.2 Å². The molecule has 1 aromatic heterocycles. The highest BCUT2D eigenvalue weighted by Gasteiger charge is 2.29. The van der Waals surface area contributed by atoms with Gasteiger partial charge in [0.1, 0.15) is 0 Å². The van der Waals surface area contributed by atoms with Crippen molar-refractivity contribution in [2.24, 2.45) is 0 Å². The largest absolute Gasteiger partial charge is 0.481 e. The predicted molar refractivity (Wildman–Crippen MR) is 74.4 cm³/mol. The zero-order valence-electron chi connectivity index (χ0n) is 11.3. The van der Waals surface area contributed by atoms with Gasteiger partial charge in [-0.25, -0.2) is 4.98 Å². The molecule has 0 aromatic carbocycles. The molecule has 1 aliphatic rings. The second-order valence-electron chi connectivity index (χ2n) is 5.01. The maximum atomic E-state index is 12.2. The number of piperidine rings is 1. The average molecular weight is 283 g/mol. The molecule has 0 aliphatic carbocycles. The van der Waals surface area contributed by atoms with E-state index in [0.29, 0.717) is 5.75 Å². The van der Waals surface area contributed by atoms with Crippen molar-refractivity contribution in [2.75, 3.05) is 6.61 Å². The normalized spacial score (nSPS) is 23.2. The third-order valence-corrected chi connectivity index (χ3v) is 3.84. The Kier molecular flexibility index (Phi) is 4.64. The van der Waals surface area contributed by atoms with Crippen LogP contribution in [-0.2, 0) is 4.79 Å². The zero-order valence-corrected chi connectivity index (χ0v) is 12.1. The summed E-state index contributed by atoms with van der Waals surface area (Å²) in [4.78, 5) is 18.1. The lowest BCUT2D eigenvalue weighted by Gasteiger charge is -2.38. The topological polar surface area (TPSA) is 42.4 Å². The molecule has 0 bridgehead atoms. The van der Waals surface area contributed by atoms with Crippen molar-refractivity contribution in [3.05, 3.63) is 23.5 Å². The second-order valence-corrected chi connectivity index (χ2v) is 5.37. The summed E-state index contributed by atoms with van der Waals surface area (Å²) in [6, 6.07) is 4.01. The molecule has 19 heavy (non-hydrogen) atoms. The van der Waals surface area contributed by atoms with Gasteiger partial charge in [0.25, 0.3) is 5.91 Å². The number of pyridine rings is 1. The van der Waals surface area contributed by atoms with Crippen LogP contribution in [0.4, 0.5) is 0 Å². The number of likely N-dealkylation sites (tertiary alicyclic amines) is 1. The van der Waals surface area contributed by atoms with Crippen LogP contribution in [0.1, 0.15) is 33.1 Å². The van der Waals surface area contributed by atoms with Crippen LogP contribution in [0.15, 0.2) is 18.3 Å². The summed E-state index contributed by atoms with van der Waals surface area (Å²) >= 11 is 5.89. The van der Waals surface area contributed by atoms with Crippen molar-refractivity contribution < 1.29 is 9.53 Å². The molecule has 1 fully saturated rings. The fourth-order valence-corrected chi connectivity index (χ4v) is 2.78. The Morgan fingerprint density at radius 1 is 1.47 bits per heavy atom. The van der Waals surface area contributed by atoms with Crippen LogP contribution in [0.25, 0.3) is 0 Å². The van der Waals surface area contributed by atoms with E-state index in [1.807, 2.05) is 4.90 Å². The number of halogens is 1. The highest BCUT2D eigenvalue weighted by Crippen LogP contribution is 2.24. The fraction of sp³-hybridized carbons (Fsp3) is 0.571. The van der Waals surface area contributed by atoms with Crippen molar-refractivity contribution in [1.82, 2.24) is 9.88 Å². The van der Waals surface area contributed by atoms with E-state index in [0.717, 1.165) is 12.8 Å². The number of nitrogens with zero attached hydrogens (tertiary/aromatic N) is 2. The van der Waals surface area contributed by atoms with Gasteiger partial charge in [-0.15, -0.1) is 0 Å². The second kappa shape index (κ2) is 6.24. The summed E-state index contributed by atoms with van der Waals surface area (Å²) in [7, 11) is 0. The summed E-state index contributed by atoms with van der Waals surface area (Å²) in [6.07, 6.45) is 4.89. The molecule has 2 heterocycles. The monoisotopic (exact) mass is 282 g/mol. The van der Waals surface area contributed by atoms with Gasteiger partial charge >= 0.3 is 0 Å². The van der Waals surface area contributed by atoms with Gasteiger partial charge in [0.05, 0.1) is 0 Å². The highest BCUT2D eigenvalue weighted by atomic mass is 35.5. The van der Waals surface area contributed by atoms with Crippen molar-refractivity contribution in [1.29, 1.82) is 0 Å². The number of rotatable bonds is 3. The van der Waals surface area contributed by atoms with Gasteiger partial charge < -0.3 is 9.64 Å². The van der Waals surface area contributed by atoms with E-state index in [1.54, 1.807) is 18.3 Å². The third kappa shape index (κ3) is 3.38. The lowest BCUT2D eigenvalue weighted by Crippen LogP contribution is -2.49. The summed E-state index contributed by atoms with van der Waals surface area (Å²) in [5.74, 6) is 0.467. The van der Waals surface area contributed by atoms with E-state index >= 15 is 0 Å². The first-order chi connectivity index (χ1) is 9.09. The van der Waals surface area contributed by atoms with Crippen molar-refractivity contribution in [3.8, 4) is 5.75 Å². The number of ether oxygens (including phenoxy) is 1. The molecule has 0 saturated carbocycles. The van der Waals surface area contributed by atoms with Crippen LogP contribution >= 0.6 is 11.6 Å². The quantitative estimate of drug-likeness (QED) is 0.801. The van der Waals surface area contributed by atoms with Gasteiger partial charge in [0.15, 0.2) is 17.5 Å². The van der Waals surface area contributed by atoms with Crippen LogP contribution < -0.4 is 4.74 Å². The van der Waals surface area contributed by atoms with Gasteiger partial charge in [-0.3, -0.25) is 4.79 Å². The van der Waals surface area contributed by atoms with Crippen LogP contribution in [0.3, 0.4) is 0 Å². The van der Waals surface area contributed by atoms with Crippen molar-refractivity contribution in [3.63, 3.8) is 0 Å². The summed E-state index contributed by atoms with van der Waals surface area (Å²) in [5.41, 5.74) is 0. The minimum Gasteiger partial charge on any atom is -0.481 e. The van der Waals surface area contributed by atoms with E-state index in [4.69, 9.17) is 16.3 Å². The molecule has 0 radical (unpaired) electrons. The molecule has 0 spiro atoms. The van der Waals surface area contributed by atoms with Crippen LogP contribution in [0.2, 0.25) is 5.15 Å². The molecule has 0 unspecified atom stereocenters. The van der Waals surface area contributed by atoms with Crippen LogP contribution in [0.5, 0.6) is 5.75 Å². The third-order valence-electron chi connectivity index (χ3n) is 3.56. The molecule has 2 atom stereocenters. The fourth-order valence-electron chi connectivity index (χ4n) is 2.61. The van der Waals surface area contributed by atoms with Gasteiger partial charge in [-0.05, 0) is 45.2 Å². The number of hydrogen-bond donors (Lipinski definition) is 0. The van der Waals surface area contributed by atoms with E-state index in [2.05, 4.69) is 18.8 Å². The van der Waals surface area contributed by atoms with Gasteiger partial charge in [-0.1, -0.05) is 11.6 Å². The van der Waals surface area contributed by atoms with Gasteiger partial charge in [0.2, 0.25) is 0 Å². The van der Waals surface area contributed by atoms with E-state index in [1.165, 1.54) is 6.42 Å². The number of hydrogen-bond acceptors (Lipinski definition) is 3. The van der Waals surface area contributed by atoms with E-state index < -0.39 is 0 Å². The molecular formula is C14H19ClN2O2. The minimum atomic E-state index is 0.0135. The first-order valence-electron chi connectivity index (χ1n) is 6.64. The average Bonchev–Trinajstić information content (AvgIpc) is 2.37. The smallest absolute Gasteiger partial charge is 0.260 e. The standard InChI is InChI=1S/C14H19ClN2O2/c1-10-5-3-6-11(2)17(10)13(18)9-19-12-7-4-8-16-14(12)15/h4,7-8,10-11H,3,5-6,9H2,1-2H3/t10-,11-/m1/s1. The van der Waals surface area contributed by atoms with Gasteiger partial charge in [0, 0.05) is 18.3 Å². The Morgan fingerprint density at radius 3 is 2.79 bits per heavy atom. The highest BCUT2D eigenvalue weighted by molar-refractivity contribution is 6.30. The SMILES string of the molecule is C[C@@H]1CCC[C@@H](C)N1C(=O)COc1cccnc1Cl. The molecule has 2 rings (SSSR count). The number of amides is 1. The molecule has 4 nitrogen and oxygen atoms in total. The Bertz CT molecular complexity index is 443. The zero-order chi connectivity index (χ0) is 13.8. The number of aromatic nitrogens is 1. The number of carbonyl (C=O) groups is 1. The summed E-state index contributed by atoms with van der Waals surface area (Å²) in [6.45, 7) is 4.19. The summed E-state index contributed by atoms with van der Waals surface area (Å²) < 4.78 is 5.46. The van der Waals surface area contributed by atoms with E-state index in [9.17, 15) is 4.79 Å². The first kappa shape index (κ1) is 14.1. The minimum absolute atomic E-state index is 0.0135. The first-order valence-corrected chi connectivity index (χ1v) is 7.02.